The van der Waals surface area contributed by atoms with Crippen LogP contribution in [0.2, 0.25) is 0 Å². The van der Waals surface area contributed by atoms with Gasteiger partial charge in [-0.2, -0.15) is 0 Å². The van der Waals surface area contributed by atoms with Crippen LogP contribution in [0.3, 0.4) is 0 Å². The summed E-state index contributed by atoms with van der Waals surface area (Å²) in [7, 11) is 3.53. The SMILES string of the molecule is CN=C(NC)NCCCCC/C=C(\C)CC(C)C(OC(=O)C(C)C(O)/C(C)=C/CC(O)C(C)C(O)CC(O)C(C)C(O)CCC(C)C(O)CC(=O)O)C(C)/C=C/C=C/C(O)C(C)C(O)CC(O)CC(O)CC(O)CC(O)CC=O. The van der Waals surface area contributed by atoms with Gasteiger partial charge in [-0.1, -0.05) is 90.0 Å². The zero-order valence-electron chi connectivity index (χ0n) is 49.3. The number of esters is 1. The molecule has 0 amide bonds. The van der Waals surface area contributed by atoms with E-state index in [9.17, 15) is 75.7 Å². The summed E-state index contributed by atoms with van der Waals surface area (Å²) in [5.41, 5.74) is 1.52. The maximum Gasteiger partial charge on any atom is 0.311 e. The van der Waals surface area contributed by atoms with Gasteiger partial charge in [-0.15, -0.1) is 0 Å². The molecule has 0 aromatic rings. The number of aliphatic imine (C=N–C) groups is 1. The number of nitrogens with one attached hydrogen (secondary N) is 2. The Bertz CT molecular complexity index is 1830. The topological polar surface area (TPSA) is 360 Å². The van der Waals surface area contributed by atoms with Crippen molar-refractivity contribution in [3.8, 4) is 0 Å². The summed E-state index contributed by atoms with van der Waals surface area (Å²) in [6.45, 7) is 16.4. The number of ether oxygens (including phenoxy) is 1. The Morgan fingerprint density at radius 2 is 1.15 bits per heavy atom. The van der Waals surface area contributed by atoms with Crippen LogP contribution in [0.4, 0.5) is 0 Å². The first kappa shape index (κ1) is 75.4. The fraction of sp³-hybridized carbons (Fsp3) is 0.797. The quantitative estimate of drug-likeness (QED) is 0.00788. The molecule has 20 nitrogen and oxygen atoms in total. The molecule has 0 aromatic heterocycles. The number of carboxylic acids is 1. The molecule has 460 valence electrons. The van der Waals surface area contributed by atoms with Crippen LogP contribution in [0, 0.1) is 41.4 Å². The maximum atomic E-state index is 13.9. The number of hydrogen-bond donors (Lipinski definition) is 15. The molecule has 15 N–H and O–H groups in total. The first-order valence-corrected chi connectivity index (χ1v) is 28.6. The van der Waals surface area contributed by atoms with E-state index in [0.29, 0.717) is 24.7 Å². The predicted octanol–water partition coefficient (Wildman–Crippen LogP) is 3.62. The lowest BCUT2D eigenvalue weighted by molar-refractivity contribution is -0.161. The molecule has 0 aliphatic heterocycles. The van der Waals surface area contributed by atoms with Crippen molar-refractivity contribution in [1.82, 2.24) is 10.6 Å². The molecule has 0 fully saturated rings. The van der Waals surface area contributed by atoms with Crippen LogP contribution >= 0.6 is 0 Å². The largest absolute Gasteiger partial charge is 0.481 e. The molecule has 0 heterocycles. The van der Waals surface area contributed by atoms with Gasteiger partial charge < -0.3 is 86.5 Å². The summed E-state index contributed by atoms with van der Waals surface area (Å²) in [5, 5.41) is 143. The molecule has 0 rings (SSSR count). The van der Waals surface area contributed by atoms with Crippen molar-refractivity contribution in [2.24, 2.45) is 46.4 Å². The van der Waals surface area contributed by atoms with Gasteiger partial charge in [-0.25, -0.2) is 0 Å². The van der Waals surface area contributed by atoms with Crippen LogP contribution in [0.25, 0.3) is 0 Å². The van der Waals surface area contributed by atoms with Gasteiger partial charge in [0.2, 0.25) is 0 Å². The van der Waals surface area contributed by atoms with Crippen molar-refractivity contribution in [3.63, 3.8) is 0 Å². The number of unbranched alkanes of at least 4 members (excludes halogenated alkanes) is 3. The molecule has 0 saturated carbocycles. The van der Waals surface area contributed by atoms with E-state index in [0.717, 1.165) is 43.8 Å². The number of aldehydes is 1. The number of carbonyl (C=O) groups is 3. The monoisotopic (exact) mass is 1130 g/mol. The summed E-state index contributed by atoms with van der Waals surface area (Å²) >= 11 is 0. The molecule has 79 heavy (non-hydrogen) atoms. The van der Waals surface area contributed by atoms with E-state index in [2.05, 4.69) is 21.7 Å². The zero-order valence-corrected chi connectivity index (χ0v) is 49.3. The number of rotatable bonds is 43. The van der Waals surface area contributed by atoms with Gasteiger partial charge >= 0.3 is 11.9 Å². The number of allylic oxidation sites excluding steroid dienone is 4. The van der Waals surface area contributed by atoms with Crippen LogP contribution in [0.15, 0.2) is 52.6 Å². The molecular weight excluding hydrogens is 1020 g/mol. The molecule has 0 aliphatic carbocycles. The van der Waals surface area contributed by atoms with Gasteiger partial charge in [0.1, 0.15) is 12.4 Å². The van der Waals surface area contributed by atoms with Crippen molar-refractivity contribution in [2.75, 3.05) is 20.6 Å². The molecule has 0 bridgehead atoms. The number of hydrogen-bond acceptors (Lipinski definition) is 17. The number of guanidine groups is 1. The number of carbonyl (C=O) groups excluding carboxylic acids is 2. The lowest BCUT2D eigenvalue weighted by atomic mass is 9.85. The fourth-order valence-electron chi connectivity index (χ4n) is 9.46. The maximum absolute atomic E-state index is 13.9. The Labute approximate surface area is 471 Å². The third kappa shape index (κ3) is 32.0. The lowest BCUT2D eigenvalue weighted by Crippen LogP contribution is -2.37. The van der Waals surface area contributed by atoms with Crippen LogP contribution in [0.1, 0.15) is 159 Å². The standard InChI is InChI=1S/C59H107N3O17/c1-35(18-14-12-13-17-26-62-59(60-10)61-11)28-39(5)57(38(4)19-15-16-20-48(68)40(6)52(72)32-47(67)31-46(66)30-45(65)29-44(64)25-27-63)79-58(78)43(9)56(77)37(3)22-24-50(70)42(8)54(74)33-53(73)41(7)49(69)23-21-36(2)51(71)34-55(75)76/h15-16,18-20,22,27,36,38-54,56-57,64-74,77H,12-14,17,21,23-26,28-34H2,1-11H3,(H,75,76)(H2,60,61,62)/b19-15+,20-16+,35-18+,37-22+. The van der Waals surface area contributed by atoms with Crippen molar-refractivity contribution in [1.29, 1.82) is 0 Å². The van der Waals surface area contributed by atoms with Crippen LogP contribution in [-0.4, -0.2) is 191 Å². The smallest absolute Gasteiger partial charge is 0.311 e. The second-order valence-corrected chi connectivity index (χ2v) is 22.6. The summed E-state index contributed by atoms with van der Waals surface area (Å²) in [6.07, 6.45) is 0.571. The van der Waals surface area contributed by atoms with Crippen molar-refractivity contribution in [3.05, 3.63) is 47.6 Å². The fourth-order valence-corrected chi connectivity index (χ4v) is 9.46. The van der Waals surface area contributed by atoms with Crippen LogP contribution in [0.5, 0.6) is 0 Å². The van der Waals surface area contributed by atoms with E-state index in [1.54, 1.807) is 66.8 Å². The van der Waals surface area contributed by atoms with Gasteiger partial charge in [0, 0.05) is 50.7 Å². The van der Waals surface area contributed by atoms with Crippen molar-refractivity contribution < 1.29 is 85.5 Å². The minimum absolute atomic E-state index is 0.0130. The molecule has 20 unspecified atom stereocenters. The average molecular weight is 1130 g/mol. The van der Waals surface area contributed by atoms with Crippen molar-refractivity contribution in [2.45, 2.75) is 238 Å². The Kier molecular flexibility index (Phi) is 39.5. The van der Waals surface area contributed by atoms with E-state index in [1.165, 1.54) is 6.08 Å². The van der Waals surface area contributed by atoms with E-state index in [1.807, 2.05) is 33.9 Å². The Hall–Kier alpha value is -3.64. The van der Waals surface area contributed by atoms with Crippen LogP contribution < -0.4 is 10.6 Å². The Morgan fingerprint density at radius 1 is 0.595 bits per heavy atom. The third-order valence-electron chi connectivity index (χ3n) is 15.5. The highest BCUT2D eigenvalue weighted by Crippen LogP contribution is 2.29. The molecule has 0 radical (unpaired) electrons. The number of carboxylic acid groups (broad SMARTS) is 1. The Balaban J connectivity index is 5.93. The van der Waals surface area contributed by atoms with Gasteiger partial charge in [0.15, 0.2) is 5.96 Å². The predicted molar refractivity (Wildman–Crippen MR) is 305 cm³/mol. The molecule has 0 saturated heterocycles. The minimum atomic E-state index is -1.28. The van der Waals surface area contributed by atoms with Gasteiger partial charge in [0.25, 0.3) is 0 Å². The molecule has 20 atom stereocenters. The lowest BCUT2D eigenvalue weighted by Gasteiger charge is -2.31. The minimum Gasteiger partial charge on any atom is -0.481 e. The second kappa shape index (κ2) is 41.4. The highest BCUT2D eigenvalue weighted by molar-refractivity contribution is 5.79. The van der Waals surface area contributed by atoms with E-state index in [-0.39, 0.29) is 63.2 Å². The van der Waals surface area contributed by atoms with E-state index in [4.69, 9.17) is 9.84 Å². The summed E-state index contributed by atoms with van der Waals surface area (Å²) < 4.78 is 6.23. The van der Waals surface area contributed by atoms with Gasteiger partial charge in [0.05, 0.1) is 85.6 Å². The molecular formula is C59H107N3O17. The van der Waals surface area contributed by atoms with E-state index >= 15 is 0 Å². The Morgan fingerprint density at radius 3 is 1.72 bits per heavy atom. The molecule has 20 heteroatoms. The zero-order chi connectivity index (χ0) is 60.5. The summed E-state index contributed by atoms with van der Waals surface area (Å²) in [4.78, 5) is 39.6. The number of aliphatic hydroxyl groups excluding tert-OH is 12. The highest BCUT2D eigenvalue weighted by Gasteiger charge is 2.34. The third-order valence-corrected chi connectivity index (χ3v) is 15.5. The molecule has 0 spiro atoms. The first-order valence-electron chi connectivity index (χ1n) is 28.6. The van der Waals surface area contributed by atoms with Gasteiger partial charge in [-0.3, -0.25) is 14.6 Å². The van der Waals surface area contributed by atoms with E-state index < -0.39 is 127 Å². The summed E-state index contributed by atoms with van der Waals surface area (Å²) in [6, 6.07) is 0. The normalized spacial score (nSPS) is 20.7. The van der Waals surface area contributed by atoms with Crippen molar-refractivity contribution >= 4 is 24.2 Å². The average Bonchev–Trinajstić information content (AvgIpc) is 3.38. The highest BCUT2D eigenvalue weighted by atomic mass is 16.5. The molecule has 0 aliphatic rings. The summed E-state index contributed by atoms with van der Waals surface area (Å²) in [5.74, 6) is -5.09. The number of aliphatic hydroxyl groups is 12. The van der Waals surface area contributed by atoms with Gasteiger partial charge in [-0.05, 0) is 115 Å². The number of aliphatic carboxylic acids is 1. The first-order chi connectivity index (χ1) is 37.0. The number of nitrogens with zero attached hydrogens (tertiary/aromatic N) is 1. The van der Waals surface area contributed by atoms with Crippen LogP contribution in [-0.2, 0) is 19.1 Å². The molecule has 0 aromatic carbocycles. The second-order valence-electron chi connectivity index (χ2n) is 22.6.